The Balaban J connectivity index is 2.54. The van der Waals surface area contributed by atoms with E-state index in [0.717, 1.165) is 0 Å². The molecule has 1 atom stereocenters. The van der Waals surface area contributed by atoms with Crippen molar-refractivity contribution in [1.82, 2.24) is 10.6 Å². The van der Waals surface area contributed by atoms with E-state index >= 15 is 0 Å². The largest absolute Gasteiger partial charge is 0.486 e. The summed E-state index contributed by atoms with van der Waals surface area (Å²) in [5.74, 6) is -0.716. The van der Waals surface area contributed by atoms with E-state index in [0.29, 0.717) is 19.1 Å². The molecular weight excluding hydrogens is 342 g/mol. The first-order chi connectivity index (χ1) is 10.8. The van der Waals surface area contributed by atoms with Crippen LogP contribution >= 0.6 is 23.2 Å². The van der Waals surface area contributed by atoms with Crippen LogP contribution in [0.25, 0.3) is 0 Å². The molecular formula is C14H18BCl2N2O4. The van der Waals surface area contributed by atoms with Crippen LogP contribution in [0, 0.1) is 5.92 Å². The monoisotopic (exact) mass is 359 g/mol. The van der Waals surface area contributed by atoms with Gasteiger partial charge in [-0.25, -0.2) is 0 Å². The Morgan fingerprint density at radius 2 is 2.04 bits per heavy atom. The van der Waals surface area contributed by atoms with Crippen molar-refractivity contribution in [3.8, 4) is 0 Å². The average Bonchev–Trinajstić information content (AvgIpc) is 2.47. The van der Waals surface area contributed by atoms with Crippen LogP contribution in [0.15, 0.2) is 18.2 Å². The molecule has 0 unspecified atom stereocenters. The topological polar surface area (TPSA) is 87.7 Å². The van der Waals surface area contributed by atoms with Crippen molar-refractivity contribution in [2.45, 2.75) is 26.5 Å². The number of nitrogens with one attached hydrogen (secondary N) is 2. The summed E-state index contributed by atoms with van der Waals surface area (Å²) in [5.41, 5.74) is 0.186. The lowest BCUT2D eigenvalue weighted by Crippen LogP contribution is -2.44. The summed E-state index contributed by atoms with van der Waals surface area (Å²) in [6, 6.07) is 4.48. The molecule has 0 aliphatic carbocycles. The second kappa shape index (κ2) is 9.77. The maximum absolute atomic E-state index is 12.0. The normalized spacial score (nSPS) is 11.9. The molecule has 0 spiro atoms. The molecule has 1 rings (SSSR count). The third-order valence-corrected chi connectivity index (χ3v) is 3.38. The molecule has 0 bridgehead atoms. The molecule has 1 aromatic carbocycles. The zero-order valence-corrected chi connectivity index (χ0v) is 14.3. The summed E-state index contributed by atoms with van der Waals surface area (Å²) in [7, 11) is 0.525. The third kappa shape index (κ3) is 7.22. The first kappa shape index (κ1) is 19.8. The molecule has 0 aliphatic rings. The van der Waals surface area contributed by atoms with Crippen LogP contribution in [-0.2, 0) is 9.45 Å². The second-order valence-corrected chi connectivity index (χ2v) is 6.08. The van der Waals surface area contributed by atoms with Gasteiger partial charge in [0.25, 0.3) is 5.91 Å². The fourth-order valence-electron chi connectivity index (χ4n) is 1.81. The van der Waals surface area contributed by atoms with E-state index in [1.165, 1.54) is 12.1 Å². The predicted molar refractivity (Wildman–Crippen MR) is 89.2 cm³/mol. The van der Waals surface area contributed by atoms with E-state index in [1.807, 2.05) is 13.8 Å². The van der Waals surface area contributed by atoms with Gasteiger partial charge in [-0.3, -0.25) is 9.59 Å². The minimum atomic E-state index is -0.667. The number of carbonyl (C=O) groups is 2. The maximum Gasteiger partial charge on any atom is 0.486 e. The summed E-state index contributed by atoms with van der Waals surface area (Å²) in [5, 5.41) is 14.3. The molecule has 3 N–H and O–H groups in total. The zero-order chi connectivity index (χ0) is 17.4. The van der Waals surface area contributed by atoms with Crippen molar-refractivity contribution in [1.29, 1.82) is 0 Å². The lowest BCUT2D eigenvalue weighted by Gasteiger charge is -2.20. The van der Waals surface area contributed by atoms with E-state index < -0.39 is 18.0 Å². The molecule has 0 saturated heterocycles. The van der Waals surface area contributed by atoms with E-state index in [9.17, 15) is 9.59 Å². The van der Waals surface area contributed by atoms with Gasteiger partial charge in [-0.05, 0) is 30.5 Å². The number of amides is 2. The van der Waals surface area contributed by atoms with Crippen molar-refractivity contribution in [3.63, 3.8) is 0 Å². The highest BCUT2D eigenvalue weighted by Crippen LogP contribution is 2.20. The quantitative estimate of drug-likeness (QED) is 0.487. The van der Waals surface area contributed by atoms with Gasteiger partial charge in [0, 0.05) is 5.02 Å². The summed E-state index contributed by atoms with van der Waals surface area (Å²) in [6.45, 7) is 3.64. The van der Waals surface area contributed by atoms with Crippen LogP contribution in [0.1, 0.15) is 30.6 Å². The lowest BCUT2D eigenvalue weighted by molar-refractivity contribution is -0.122. The molecule has 9 heteroatoms. The van der Waals surface area contributed by atoms with E-state index in [4.69, 9.17) is 32.9 Å². The van der Waals surface area contributed by atoms with Crippen molar-refractivity contribution in [2.75, 3.05) is 6.54 Å². The van der Waals surface area contributed by atoms with Crippen LogP contribution in [0.3, 0.4) is 0 Å². The molecule has 6 nitrogen and oxygen atoms in total. The molecule has 2 amide bonds. The molecule has 0 aromatic heterocycles. The van der Waals surface area contributed by atoms with Gasteiger partial charge < -0.3 is 20.3 Å². The molecule has 23 heavy (non-hydrogen) atoms. The Labute approximate surface area is 145 Å². The Hall–Kier alpha value is -1.28. The van der Waals surface area contributed by atoms with Crippen molar-refractivity contribution >= 4 is 42.7 Å². The smallest absolute Gasteiger partial charge is 0.429 e. The summed E-state index contributed by atoms with van der Waals surface area (Å²) in [6.07, 6.45) is -0.157. The zero-order valence-electron chi connectivity index (χ0n) is 12.8. The highest BCUT2D eigenvalue weighted by Gasteiger charge is 2.16. The van der Waals surface area contributed by atoms with Crippen molar-refractivity contribution in [3.05, 3.63) is 33.8 Å². The summed E-state index contributed by atoms with van der Waals surface area (Å²) < 4.78 is 4.90. The minimum Gasteiger partial charge on any atom is -0.429 e. The molecule has 0 saturated carbocycles. The number of rotatable bonds is 8. The van der Waals surface area contributed by atoms with Crippen molar-refractivity contribution in [2.24, 2.45) is 5.92 Å². The summed E-state index contributed by atoms with van der Waals surface area (Å²) in [4.78, 5) is 23.8. The van der Waals surface area contributed by atoms with E-state index in [1.54, 1.807) is 6.07 Å². The Morgan fingerprint density at radius 3 is 2.65 bits per heavy atom. The van der Waals surface area contributed by atoms with Gasteiger partial charge in [-0.1, -0.05) is 37.0 Å². The highest BCUT2D eigenvalue weighted by atomic mass is 35.5. The van der Waals surface area contributed by atoms with Gasteiger partial charge in [-0.2, -0.15) is 0 Å². The lowest BCUT2D eigenvalue weighted by atomic mass is 10.1. The van der Waals surface area contributed by atoms with Gasteiger partial charge >= 0.3 is 7.69 Å². The Bertz CT molecular complexity index is 558. The van der Waals surface area contributed by atoms with Gasteiger partial charge in [0.2, 0.25) is 5.91 Å². The SMILES string of the molecule is CC(C)C[C@H](NC(=O)CNC(=O)c1cc(Cl)ccc1Cl)O[B]O. The van der Waals surface area contributed by atoms with Crippen LogP contribution < -0.4 is 10.6 Å². The van der Waals surface area contributed by atoms with Crippen LogP contribution in [-0.4, -0.2) is 37.3 Å². The molecule has 125 valence electrons. The van der Waals surface area contributed by atoms with Crippen molar-refractivity contribution < 1.29 is 19.3 Å². The van der Waals surface area contributed by atoms with E-state index in [-0.39, 0.29) is 23.0 Å². The number of halogens is 2. The fourth-order valence-corrected chi connectivity index (χ4v) is 2.18. The van der Waals surface area contributed by atoms with Crippen LogP contribution in [0.5, 0.6) is 0 Å². The average molecular weight is 360 g/mol. The van der Waals surface area contributed by atoms with Gasteiger partial charge in [0.05, 0.1) is 17.1 Å². The Morgan fingerprint density at radius 1 is 1.35 bits per heavy atom. The first-order valence-electron chi connectivity index (χ1n) is 6.97. The maximum atomic E-state index is 12.0. The van der Waals surface area contributed by atoms with Gasteiger partial charge in [-0.15, -0.1) is 0 Å². The summed E-state index contributed by atoms with van der Waals surface area (Å²) >= 11 is 11.7. The highest BCUT2D eigenvalue weighted by molar-refractivity contribution is 6.35. The minimum absolute atomic E-state index is 0.186. The molecule has 0 heterocycles. The Kier molecular flexibility index (Phi) is 8.40. The number of carbonyl (C=O) groups excluding carboxylic acids is 2. The fraction of sp³-hybridized carbons (Fsp3) is 0.429. The van der Waals surface area contributed by atoms with Crippen LogP contribution in [0.2, 0.25) is 10.0 Å². The number of benzene rings is 1. The number of hydrogen-bond acceptors (Lipinski definition) is 4. The molecule has 1 aromatic rings. The molecule has 0 fully saturated rings. The third-order valence-electron chi connectivity index (χ3n) is 2.82. The second-order valence-electron chi connectivity index (χ2n) is 5.23. The molecule has 1 radical (unpaired) electrons. The molecule has 0 aliphatic heterocycles. The predicted octanol–water partition coefficient (Wildman–Crippen LogP) is 1.75. The van der Waals surface area contributed by atoms with Gasteiger partial charge in [0.1, 0.15) is 6.23 Å². The van der Waals surface area contributed by atoms with Gasteiger partial charge in [0.15, 0.2) is 0 Å². The first-order valence-corrected chi connectivity index (χ1v) is 7.73. The van der Waals surface area contributed by atoms with E-state index in [2.05, 4.69) is 10.6 Å². The standard InChI is InChI=1S/C14H18BCl2N2O4/c1-8(2)5-13(23-15-22)19-12(20)7-18-14(21)10-6-9(16)3-4-11(10)17/h3-4,6,8,13,22H,5,7H2,1-2H3,(H,18,21)(H,19,20)/t13-/m1/s1. The van der Waals surface area contributed by atoms with Crippen LogP contribution in [0.4, 0.5) is 0 Å². The number of hydrogen-bond donors (Lipinski definition) is 3.